The Labute approximate surface area is 99.2 Å². The summed E-state index contributed by atoms with van der Waals surface area (Å²) in [5.74, 6) is 2.64. The van der Waals surface area contributed by atoms with Crippen molar-refractivity contribution in [3.63, 3.8) is 0 Å². The standard InChI is InChI=1S/C12H26N2S/c1-12(2,3)11(13-4)5-6-14-7-9-15-10-8-14/h11,13H,5-10H2,1-4H3. The lowest BCUT2D eigenvalue weighted by molar-refractivity contribution is 0.220. The molecule has 0 spiro atoms. The highest BCUT2D eigenvalue weighted by molar-refractivity contribution is 7.99. The van der Waals surface area contributed by atoms with Crippen LogP contribution in [0.5, 0.6) is 0 Å². The van der Waals surface area contributed by atoms with Gasteiger partial charge in [-0.15, -0.1) is 0 Å². The second kappa shape index (κ2) is 6.12. The molecule has 1 heterocycles. The van der Waals surface area contributed by atoms with Gasteiger partial charge in [-0.25, -0.2) is 0 Å². The van der Waals surface area contributed by atoms with Gasteiger partial charge in [0, 0.05) is 30.6 Å². The summed E-state index contributed by atoms with van der Waals surface area (Å²) in [6, 6.07) is 0.632. The van der Waals surface area contributed by atoms with Crippen molar-refractivity contribution in [1.82, 2.24) is 10.2 Å². The largest absolute Gasteiger partial charge is 0.316 e. The molecular weight excluding hydrogens is 204 g/mol. The number of hydrogen-bond acceptors (Lipinski definition) is 3. The van der Waals surface area contributed by atoms with Gasteiger partial charge in [0.25, 0.3) is 0 Å². The van der Waals surface area contributed by atoms with Gasteiger partial charge in [0.05, 0.1) is 0 Å². The molecular formula is C12H26N2S. The highest BCUT2D eigenvalue weighted by Crippen LogP contribution is 2.22. The second-order valence-corrected chi connectivity index (χ2v) is 6.67. The van der Waals surface area contributed by atoms with Gasteiger partial charge < -0.3 is 10.2 Å². The van der Waals surface area contributed by atoms with E-state index in [1.807, 2.05) is 0 Å². The van der Waals surface area contributed by atoms with Gasteiger partial charge in [0.1, 0.15) is 0 Å². The molecule has 1 aliphatic heterocycles. The molecule has 90 valence electrons. The molecule has 0 saturated carbocycles. The Morgan fingerprint density at radius 2 is 1.87 bits per heavy atom. The van der Waals surface area contributed by atoms with Gasteiger partial charge in [0.2, 0.25) is 0 Å². The summed E-state index contributed by atoms with van der Waals surface area (Å²) in [7, 11) is 2.09. The van der Waals surface area contributed by atoms with E-state index < -0.39 is 0 Å². The van der Waals surface area contributed by atoms with Crippen LogP contribution in [0.15, 0.2) is 0 Å². The number of nitrogens with zero attached hydrogens (tertiary/aromatic N) is 1. The van der Waals surface area contributed by atoms with Crippen LogP contribution >= 0.6 is 11.8 Å². The summed E-state index contributed by atoms with van der Waals surface area (Å²) < 4.78 is 0. The SMILES string of the molecule is CNC(CCN1CCSCC1)C(C)(C)C. The molecule has 1 atom stereocenters. The minimum absolute atomic E-state index is 0.374. The van der Waals surface area contributed by atoms with E-state index in [4.69, 9.17) is 0 Å². The summed E-state index contributed by atoms with van der Waals surface area (Å²) in [6.07, 6.45) is 1.27. The Bertz CT molecular complexity index is 171. The Hall–Kier alpha value is 0.270. The molecule has 1 N–H and O–H groups in total. The number of thioether (sulfide) groups is 1. The number of nitrogens with one attached hydrogen (secondary N) is 1. The predicted octanol–water partition coefficient (Wildman–Crippen LogP) is 2.06. The highest BCUT2D eigenvalue weighted by Gasteiger charge is 2.23. The zero-order valence-electron chi connectivity index (χ0n) is 10.7. The van der Waals surface area contributed by atoms with Crippen LogP contribution in [-0.2, 0) is 0 Å². The molecule has 0 aromatic carbocycles. The third-order valence-electron chi connectivity index (χ3n) is 3.23. The quantitative estimate of drug-likeness (QED) is 0.796. The monoisotopic (exact) mass is 230 g/mol. The third-order valence-corrected chi connectivity index (χ3v) is 4.17. The van der Waals surface area contributed by atoms with E-state index in [9.17, 15) is 0 Å². The minimum atomic E-state index is 0.374. The minimum Gasteiger partial charge on any atom is -0.316 e. The van der Waals surface area contributed by atoms with Gasteiger partial charge in [-0.2, -0.15) is 11.8 Å². The average molecular weight is 230 g/mol. The van der Waals surface area contributed by atoms with Crippen molar-refractivity contribution >= 4 is 11.8 Å². The van der Waals surface area contributed by atoms with Crippen molar-refractivity contribution in [2.75, 3.05) is 38.2 Å². The van der Waals surface area contributed by atoms with Crippen LogP contribution < -0.4 is 5.32 Å². The first kappa shape index (κ1) is 13.3. The summed E-state index contributed by atoms with van der Waals surface area (Å²) in [5, 5.41) is 3.45. The first-order chi connectivity index (χ1) is 7.04. The first-order valence-electron chi connectivity index (χ1n) is 6.01. The van der Waals surface area contributed by atoms with Crippen LogP contribution in [-0.4, -0.2) is 49.1 Å². The van der Waals surface area contributed by atoms with E-state index in [1.165, 1.54) is 37.6 Å². The zero-order chi connectivity index (χ0) is 11.3. The molecule has 1 rings (SSSR count). The van der Waals surface area contributed by atoms with Crippen LogP contribution in [0.3, 0.4) is 0 Å². The molecule has 0 amide bonds. The highest BCUT2D eigenvalue weighted by atomic mass is 32.2. The fourth-order valence-corrected chi connectivity index (χ4v) is 3.13. The van der Waals surface area contributed by atoms with Gasteiger partial charge >= 0.3 is 0 Å². The van der Waals surface area contributed by atoms with Crippen molar-refractivity contribution in [3.05, 3.63) is 0 Å². The Kier molecular flexibility index (Phi) is 5.44. The Morgan fingerprint density at radius 1 is 1.27 bits per heavy atom. The molecule has 0 aliphatic carbocycles. The van der Waals surface area contributed by atoms with E-state index in [2.05, 4.69) is 49.8 Å². The van der Waals surface area contributed by atoms with E-state index in [-0.39, 0.29) is 0 Å². The Balaban J connectivity index is 2.27. The summed E-state index contributed by atoms with van der Waals surface area (Å²) in [5.41, 5.74) is 0.374. The maximum absolute atomic E-state index is 3.45. The molecule has 1 unspecified atom stereocenters. The lowest BCUT2D eigenvalue weighted by Gasteiger charge is -2.33. The molecule has 15 heavy (non-hydrogen) atoms. The average Bonchev–Trinajstić information content (AvgIpc) is 2.18. The van der Waals surface area contributed by atoms with Gasteiger partial charge in [-0.3, -0.25) is 0 Å². The lowest BCUT2D eigenvalue weighted by Crippen LogP contribution is -2.42. The molecule has 1 aliphatic rings. The zero-order valence-corrected chi connectivity index (χ0v) is 11.5. The number of hydrogen-bond donors (Lipinski definition) is 1. The molecule has 3 heteroatoms. The van der Waals surface area contributed by atoms with E-state index in [0.717, 1.165) is 0 Å². The molecule has 0 bridgehead atoms. The lowest BCUT2D eigenvalue weighted by atomic mass is 9.85. The maximum atomic E-state index is 3.45. The van der Waals surface area contributed by atoms with E-state index in [0.29, 0.717) is 11.5 Å². The second-order valence-electron chi connectivity index (χ2n) is 5.45. The van der Waals surface area contributed by atoms with Crippen LogP contribution in [0.25, 0.3) is 0 Å². The molecule has 2 nitrogen and oxygen atoms in total. The summed E-state index contributed by atoms with van der Waals surface area (Å²) in [4.78, 5) is 2.60. The smallest absolute Gasteiger partial charge is 0.0125 e. The van der Waals surface area contributed by atoms with Crippen LogP contribution in [0.2, 0.25) is 0 Å². The fourth-order valence-electron chi connectivity index (χ4n) is 2.15. The Morgan fingerprint density at radius 3 is 2.33 bits per heavy atom. The topological polar surface area (TPSA) is 15.3 Å². The van der Waals surface area contributed by atoms with Crippen LogP contribution in [0.1, 0.15) is 27.2 Å². The predicted molar refractivity (Wildman–Crippen MR) is 70.7 cm³/mol. The van der Waals surface area contributed by atoms with Crippen molar-refractivity contribution in [1.29, 1.82) is 0 Å². The van der Waals surface area contributed by atoms with Gasteiger partial charge in [-0.05, 0) is 25.4 Å². The fraction of sp³-hybridized carbons (Fsp3) is 1.00. The van der Waals surface area contributed by atoms with E-state index in [1.54, 1.807) is 0 Å². The maximum Gasteiger partial charge on any atom is 0.0125 e. The van der Waals surface area contributed by atoms with Gasteiger partial charge in [0.15, 0.2) is 0 Å². The van der Waals surface area contributed by atoms with Crippen molar-refractivity contribution in [2.45, 2.75) is 33.2 Å². The van der Waals surface area contributed by atoms with Crippen LogP contribution in [0.4, 0.5) is 0 Å². The summed E-state index contributed by atoms with van der Waals surface area (Å²) >= 11 is 2.09. The van der Waals surface area contributed by atoms with Crippen LogP contribution in [0, 0.1) is 5.41 Å². The molecule has 0 radical (unpaired) electrons. The van der Waals surface area contributed by atoms with Gasteiger partial charge in [-0.1, -0.05) is 20.8 Å². The first-order valence-corrected chi connectivity index (χ1v) is 7.17. The summed E-state index contributed by atoms with van der Waals surface area (Å²) in [6.45, 7) is 10.8. The van der Waals surface area contributed by atoms with Crippen molar-refractivity contribution in [3.8, 4) is 0 Å². The normalized spacial score (nSPS) is 21.6. The molecule has 0 aromatic rings. The van der Waals surface area contributed by atoms with Crippen molar-refractivity contribution in [2.24, 2.45) is 5.41 Å². The number of rotatable bonds is 4. The molecule has 0 aromatic heterocycles. The molecule has 1 fully saturated rings. The molecule has 1 saturated heterocycles. The third kappa shape index (κ3) is 4.75. The van der Waals surface area contributed by atoms with E-state index >= 15 is 0 Å². The van der Waals surface area contributed by atoms with Crippen molar-refractivity contribution < 1.29 is 0 Å².